The summed E-state index contributed by atoms with van der Waals surface area (Å²) >= 11 is 0. The summed E-state index contributed by atoms with van der Waals surface area (Å²) in [5.41, 5.74) is 1.77. The lowest BCUT2D eigenvalue weighted by Crippen LogP contribution is -2.50. The molecule has 32 heavy (non-hydrogen) atoms. The Labute approximate surface area is 185 Å². The molecule has 0 amide bonds. The van der Waals surface area contributed by atoms with Crippen LogP contribution in [0.15, 0.2) is 30.3 Å². The molecule has 5 nitrogen and oxygen atoms in total. The molecule has 0 spiro atoms. The van der Waals surface area contributed by atoms with Crippen LogP contribution in [0.2, 0.25) is 0 Å². The van der Waals surface area contributed by atoms with Gasteiger partial charge in [-0.05, 0) is 74.7 Å². The summed E-state index contributed by atoms with van der Waals surface area (Å²) in [4.78, 5) is 8.90. The normalized spacial score (nSPS) is 32.7. The molecule has 2 heterocycles. The molecule has 1 atom stereocenters. The molecule has 1 aliphatic heterocycles. The van der Waals surface area contributed by atoms with Crippen LogP contribution in [0.5, 0.6) is 0 Å². The van der Waals surface area contributed by atoms with Crippen molar-refractivity contribution in [1.29, 1.82) is 0 Å². The zero-order chi connectivity index (χ0) is 22.5. The van der Waals surface area contributed by atoms with Gasteiger partial charge in [0.25, 0.3) is 0 Å². The van der Waals surface area contributed by atoms with Crippen LogP contribution in [0.4, 0.5) is 13.2 Å². The second kappa shape index (κ2) is 7.89. The number of aliphatic carboxylic acids is 1. The maximum atomic E-state index is 10.6. The van der Waals surface area contributed by atoms with Crippen molar-refractivity contribution in [1.82, 2.24) is 14.8 Å². The predicted octanol–water partition coefficient (Wildman–Crippen LogP) is 5.30. The summed E-state index contributed by atoms with van der Waals surface area (Å²) in [5.74, 6) is 3.18. The van der Waals surface area contributed by atoms with E-state index in [0.717, 1.165) is 24.3 Å². The van der Waals surface area contributed by atoms with Gasteiger partial charge in [0.05, 0.1) is 0 Å². The Morgan fingerprint density at radius 3 is 2.09 bits per heavy atom. The van der Waals surface area contributed by atoms with Gasteiger partial charge in [0.2, 0.25) is 0 Å². The molecule has 7 rings (SSSR count). The van der Waals surface area contributed by atoms with Crippen LogP contribution in [-0.2, 0) is 16.8 Å². The Kier molecular flexibility index (Phi) is 5.29. The molecule has 5 aliphatic rings. The largest absolute Gasteiger partial charge is 0.490 e. The third kappa shape index (κ3) is 3.82. The molecule has 1 unspecified atom stereocenters. The van der Waals surface area contributed by atoms with E-state index in [1.54, 1.807) is 0 Å². The SMILES string of the molecule is O=C(O)C(F)(F)F.c1ccc(C2CCCn3c2nnc3C23CC4CC(CC(C4)C2)C3)cc1. The first kappa shape index (κ1) is 21.5. The van der Waals surface area contributed by atoms with Crippen LogP contribution in [0.1, 0.15) is 74.5 Å². The van der Waals surface area contributed by atoms with Gasteiger partial charge in [0, 0.05) is 17.9 Å². The smallest absolute Gasteiger partial charge is 0.475 e. The average molecular weight is 448 g/mol. The number of hydrogen-bond donors (Lipinski definition) is 1. The van der Waals surface area contributed by atoms with E-state index < -0.39 is 12.1 Å². The van der Waals surface area contributed by atoms with Gasteiger partial charge < -0.3 is 9.67 Å². The first-order valence-electron chi connectivity index (χ1n) is 11.5. The molecule has 1 N–H and O–H groups in total. The van der Waals surface area contributed by atoms with Gasteiger partial charge in [-0.25, -0.2) is 4.79 Å². The summed E-state index contributed by atoms with van der Waals surface area (Å²) in [7, 11) is 0. The van der Waals surface area contributed by atoms with E-state index in [2.05, 4.69) is 34.9 Å². The summed E-state index contributed by atoms with van der Waals surface area (Å²) in [6.07, 6.45) is 6.01. The number of benzene rings is 1. The number of aromatic nitrogens is 3. The third-order valence-electron chi connectivity index (χ3n) is 7.92. The number of carbonyl (C=O) groups is 1. The number of carboxylic acids is 1. The van der Waals surface area contributed by atoms with Crippen molar-refractivity contribution < 1.29 is 23.1 Å². The van der Waals surface area contributed by atoms with Gasteiger partial charge in [0.1, 0.15) is 11.6 Å². The summed E-state index contributed by atoms with van der Waals surface area (Å²) < 4.78 is 34.3. The Balaban J connectivity index is 0.000000272. The highest BCUT2D eigenvalue weighted by molar-refractivity contribution is 5.73. The monoisotopic (exact) mass is 447 g/mol. The molecule has 1 aromatic carbocycles. The molecular weight excluding hydrogens is 419 g/mol. The number of alkyl halides is 3. The topological polar surface area (TPSA) is 68.0 Å². The number of nitrogens with zero attached hydrogens (tertiary/aromatic N) is 3. The number of halogens is 3. The highest BCUT2D eigenvalue weighted by Crippen LogP contribution is 2.60. The predicted molar refractivity (Wildman–Crippen MR) is 111 cm³/mol. The van der Waals surface area contributed by atoms with E-state index in [1.807, 2.05) is 0 Å². The van der Waals surface area contributed by atoms with Crippen molar-refractivity contribution in [3.05, 3.63) is 47.5 Å². The second-order valence-electron chi connectivity index (χ2n) is 10.1. The fourth-order valence-corrected chi connectivity index (χ4v) is 7.15. The minimum absolute atomic E-state index is 0.360. The highest BCUT2D eigenvalue weighted by Gasteiger charge is 2.54. The van der Waals surface area contributed by atoms with E-state index >= 15 is 0 Å². The number of carboxylic acid groups (broad SMARTS) is 1. The standard InChI is InChI=1S/C22H27N3.C2HF3O2/c1-2-5-18(6-3-1)19-7-4-8-25-20(19)23-24-21(25)22-12-15-9-16(13-22)11-17(10-15)14-22;3-2(4,5)1(6)7/h1-3,5-6,15-17,19H,4,7-14H2;(H,6,7). The van der Waals surface area contributed by atoms with Crippen LogP contribution in [0.3, 0.4) is 0 Å². The summed E-state index contributed by atoms with van der Waals surface area (Å²) in [6, 6.07) is 11.0. The van der Waals surface area contributed by atoms with Crippen molar-refractivity contribution in [3.63, 3.8) is 0 Å². The van der Waals surface area contributed by atoms with Gasteiger partial charge >= 0.3 is 12.1 Å². The van der Waals surface area contributed by atoms with Gasteiger partial charge in [-0.15, -0.1) is 10.2 Å². The number of fused-ring (bicyclic) bond motifs is 1. The van der Waals surface area contributed by atoms with Crippen LogP contribution in [-0.4, -0.2) is 32.0 Å². The molecule has 4 aliphatic carbocycles. The fraction of sp³-hybridized carbons (Fsp3) is 0.625. The Morgan fingerprint density at radius 2 is 1.56 bits per heavy atom. The van der Waals surface area contributed by atoms with Gasteiger partial charge in [-0.1, -0.05) is 30.3 Å². The summed E-state index contributed by atoms with van der Waals surface area (Å²) in [6.45, 7) is 1.13. The van der Waals surface area contributed by atoms with Crippen LogP contribution >= 0.6 is 0 Å². The minimum Gasteiger partial charge on any atom is -0.475 e. The lowest BCUT2D eigenvalue weighted by Gasteiger charge is -2.56. The zero-order valence-electron chi connectivity index (χ0n) is 17.9. The Morgan fingerprint density at radius 1 is 1.00 bits per heavy atom. The highest BCUT2D eigenvalue weighted by atomic mass is 19.4. The first-order valence-corrected chi connectivity index (χ1v) is 11.5. The quantitative estimate of drug-likeness (QED) is 0.678. The maximum absolute atomic E-state index is 10.6. The van der Waals surface area contributed by atoms with Gasteiger partial charge in [-0.3, -0.25) is 0 Å². The molecular formula is C24H28F3N3O2. The fourth-order valence-electron chi connectivity index (χ4n) is 7.15. The van der Waals surface area contributed by atoms with Crippen LogP contribution in [0.25, 0.3) is 0 Å². The molecule has 1 aromatic heterocycles. The zero-order valence-corrected chi connectivity index (χ0v) is 17.9. The van der Waals surface area contributed by atoms with E-state index in [4.69, 9.17) is 20.1 Å². The molecule has 4 saturated carbocycles. The Hall–Kier alpha value is -2.38. The van der Waals surface area contributed by atoms with E-state index in [1.165, 1.54) is 68.6 Å². The lowest BCUT2D eigenvalue weighted by atomic mass is 9.49. The molecule has 4 bridgehead atoms. The van der Waals surface area contributed by atoms with Crippen LogP contribution < -0.4 is 0 Å². The van der Waals surface area contributed by atoms with Crippen molar-refractivity contribution in [2.45, 2.75) is 75.4 Å². The van der Waals surface area contributed by atoms with Gasteiger partial charge in [-0.2, -0.15) is 13.2 Å². The van der Waals surface area contributed by atoms with E-state index in [0.29, 0.717) is 11.3 Å². The molecule has 2 aromatic rings. The maximum Gasteiger partial charge on any atom is 0.490 e. The first-order chi connectivity index (χ1) is 15.2. The summed E-state index contributed by atoms with van der Waals surface area (Å²) in [5, 5.41) is 16.8. The van der Waals surface area contributed by atoms with Crippen molar-refractivity contribution in [3.8, 4) is 0 Å². The average Bonchev–Trinajstić information content (AvgIpc) is 3.18. The lowest BCUT2D eigenvalue weighted by molar-refractivity contribution is -0.192. The molecule has 4 fully saturated rings. The Bertz CT molecular complexity index is 951. The number of rotatable bonds is 2. The molecule has 8 heteroatoms. The van der Waals surface area contributed by atoms with Crippen molar-refractivity contribution in [2.24, 2.45) is 17.8 Å². The third-order valence-corrected chi connectivity index (χ3v) is 7.92. The second-order valence-corrected chi connectivity index (χ2v) is 10.1. The number of hydrogen-bond acceptors (Lipinski definition) is 3. The van der Waals surface area contributed by atoms with E-state index in [-0.39, 0.29) is 0 Å². The molecule has 0 saturated heterocycles. The van der Waals surface area contributed by atoms with Crippen molar-refractivity contribution >= 4 is 5.97 Å². The van der Waals surface area contributed by atoms with E-state index in [9.17, 15) is 13.2 Å². The molecule has 0 radical (unpaired) electrons. The molecule has 172 valence electrons. The van der Waals surface area contributed by atoms with Crippen molar-refractivity contribution in [2.75, 3.05) is 0 Å². The minimum atomic E-state index is -5.08. The van der Waals surface area contributed by atoms with Gasteiger partial charge in [0.15, 0.2) is 0 Å². The van der Waals surface area contributed by atoms with Crippen LogP contribution in [0, 0.1) is 17.8 Å².